The molecule has 1 aromatic carbocycles. The van der Waals surface area contributed by atoms with Gasteiger partial charge < -0.3 is 14.5 Å². The lowest BCUT2D eigenvalue weighted by Crippen LogP contribution is -2.54. The Kier molecular flexibility index (Phi) is 7.02. The number of rotatable bonds is 4. The zero-order valence-corrected chi connectivity index (χ0v) is 18.8. The number of hydrogen-bond donors (Lipinski definition) is 0. The first-order chi connectivity index (χ1) is 14.2. The van der Waals surface area contributed by atoms with Crippen molar-refractivity contribution in [3.63, 3.8) is 0 Å². The minimum Gasteiger partial charge on any atom is -0.450 e. The van der Waals surface area contributed by atoms with E-state index in [9.17, 15) is 18.0 Å². The quantitative estimate of drug-likeness (QED) is 0.719. The molecular weight excluding hydrogens is 406 g/mol. The molecule has 166 valence electrons. The Bertz CT molecular complexity index is 894. The van der Waals surface area contributed by atoms with Crippen molar-refractivity contribution in [1.82, 2.24) is 14.1 Å². The zero-order chi connectivity index (χ0) is 21.9. The van der Waals surface area contributed by atoms with E-state index in [4.69, 9.17) is 4.74 Å². The molecule has 0 spiro atoms. The normalized spacial score (nSPS) is 20.8. The van der Waals surface area contributed by atoms with E-state index in [0.29, 0.717) is 37.7 Å². The number of amides is 2. The fourth-order valence-electron chi connectivity index (χ4n) is 4.19. The Hall–Kier alpha value is -2.13. The molecule has 0 saturated carbocycles. The number of piperazine rings is 1. The highest BCUT2D eigenvalue weighted by atomic mass is 32.2. The van der Waals surface area contributed by atoms with Crippen molar-refractivity contribution < 1.29 is 22.7 Å². The van der Waals surface area contributed by atoms with Gasteiger partial charge >= 0.3 is 6.09 Å². The number of ether oxygens (including phenoxy) is 1. The highest BCUT2D eigenvalue weighted by Crippen LogP contribution is 2.24. The van der Waals surface area contributed by atoms with Gasteiger partial charge in [-0.1, -0.05) is 17.7 Å². The topological polar surface area (TPSA) is 87.2 Å². The molecule has 2 fully saturated rings. The smallest absolute Gasteiger partial charge is 0.409 e. The van der Waals surface area contributed by atoms with Crippen molar-refractivity contribution >= 4 is 22.0 Å². The third-order valence-corrected chi connectivity index (χ3v) is 7.85. The molecule has 30 heavy (non-hydrogen) atoms. The highest BCUT2D eigenvalue weighted by Gasteiger charge is 2.35. The summed E-state index contributed by atoms with van der Waals surface area (Å²) in [6.07, 6.45) is 1.12. The molecule has 0 N–H and O–H groups in total. The van der Waals surface area contributed by atoms with Crippen molar-refractivity contribution in [1.29, 1.82) is 0 Å². The first-order valence-electron chi connectivity index (χ1n) is 10.5. The standard InChI is InChI=1S/C21H31N3O5S/c1-4-29-21(26)23-9-5-6-18(15-23)20(25)22-10-12-24(13-11-22)30(27,28)19-8-7-16(2)14-17(19)3/h7-8,14,18H,4-6,9-13,15H2,1-3H3. The summed E-state index contributed by atoms with van der Waals surface area (Å²) < 4.78 is 32.6. The van der Waals surface area contributed by atoms with Crippen LogP contribution in [0.4, 0.5) is 4.79 Å². The number of piperidine rings is 1. The number of carbonyl (C=O) groups is 2. The lowest BCUT2D eigenvalue weighted by Gasteiger charge is -2.38. The molecule has 0 bridgehead atoms. The first kappa shape index (κ1) is 22.6. The Balaban J connectivity index is 1.61. The maximum Gasteiger partial charge on any atom is 0.409 e. The third-order valence-electron chi connectivity index (χ3n) is 5.80. The average Bonchev–Trinajstić information content (AvgIpc) is 2.73. The number of aryl methyl sites for hydroxylation is 2. The summed E-state index contributed by atoms with van der Waals surface area (Å²) in [6.45, 7) is 8.04. The fourth-order valence-corrected chi connectivity index (χ4v) is 5.82. The second-order valence-electron chi connectivity index (χ2n) is 7.98. The van der Waals surface area contributed by atoms with Gasteiger partial charge in [0.25, 0.3) is 0 Å². The van der Waals surface area contributed by atoms with Gasteiger partial charge in [0.1, 0.15) is 0 Å². The molecule has 0 radical (unpaired) electrons. The van der Waals surface area contributed by atoms with E-state index in [1.807, 2.05) is 13.0 Å². The SMILES string of the molecule is CCOC(=O)N1CCCC(C(=O)N2CCN(S(=O)(=O)c3ccc(C)cc3C)CC2)C1. The predicted molar refractivity (Wildman–Crippen MR) is 113 cm³/mol. The van der Waals surface area contributed by atoms with Crippen molar-refractivity contribution in [3.8, 4) is 0 Å². The summed E-state index contributed by atoms with van der Waals surface area (Å²) in [6, 6.07) is 5.33. The summed E-state index contributed by atoms with van der Waals surface area (Å²) >= 11 is 0. The summed E-state index contributed by atoms with van der Waals surface area (Å²) in [5.41, 5.74) is 1.75. The van der Waals surface area contributed by atoms with Crippen LogP contribution in [0, 0.1) is 19.8 Å². The summed E-state index contributed by atoms with van der Waals surface area (Å²) in [5, 5.41) is 0. The number of likely N-dealkylation sites (tertiary alicyclic amines) is 1. The molecule has 1 unspecified atom stereocenters. The van der Waals surface area contributed by atoms with Crippen LogP contribution >= 0.6 is 0 Å². The van der Waals surface area contributed by atoms with Gasteiger partial charge in [-0.05, 0) is 45.2 Å². The lowest BCUT2D eigenvalue weighted by atomic mass is 9.96. The molecular formula is C21H31N3O5S. The Morgan fingerprint density at radius 2 is 1.77 bits per heavy atom. The van der Waals surface area contributed by atoms with E-state index < -0.39 is 10.0 Å². The van der Waals surface area contributed by atoms with Gasteiger partial charge in [0.15, 0.2) is 0 Å². The molecule has 3 rings (SSSR count). The predicted octanol–water partition coefficient (Wildman–Crippen LogP) is 2.00. The van der Waals surface area contributed by atoms with E-state index in [-0.39, 0.29) is 31.0 Å². The van der Waals surface area contributed by atoms with Crippen LogP contribution in [-0.2, 0) is 19.6 Å². The lowest BCUT2D eigenvalue weighted by molar-refractivity contribution is -0.138. The van der Waals surface area contributed by atoms with Crippen LogP contribution in [0.15, 0.2) is 23.1 Å². The van der Waals surface area contributed by atoms with Gasteiger partial charge in [0, 0.05) is 39.3 Å². The molecule has 2 heterocycles. The summed E-state index contributed by atoms with van der Waals surface area (Å²) in [5.74, 6) is -0.266. The van der Waals surface area contributed by atoms with Crippen LogP contribution in [0.3, 0.4) is 0 Å². The minimum atomic E-state index is -3.58. The Morgan fingerprint density at radius 1 is 1.07 bits per heavy atom. The number of sulfonamides is 1. The van der Waals surface area contributed by atoms with Crippen molar-refractivity contribution in [3.05, 3.63) is 29.3 Å². The van der Waals surface area contributed by atoms with Gasteiger partial charge in [-0.3, -0.25) is 4.79 Å². The van der Waals surface area contributed by atoms with Gasteiger partial charge in [0.05, 0.1) is 17.4 Å². The van der Waals surface area contributed by atoms with Crippen LogP contribution in [0.2, 0.25) is 0 Å². The number of hydrogen-bond acceptors (Lipinski definition) is 5. The van der Waals surface area contributed by atoms with Gasteiger partial charge in [0.2, 0.25) is 15.9 Å². The van der Waals surface area contributed by atoms with E-state index in [1.165, 1.54) is 4.31 Å². The monoisotopic (exact) mass is 437 g/mol. The van der Waals surface area contributed by atoms with Crippen LogP contribution in [0.25, 0.3) is 0 Å². The van der Waals surface area contributed by atoms with Crippen LogP contribution in [0.1, 0.15) is 30.9 Å². The van der Waals surface area contributed by atoms with E-state index in [1.54, 1.807) is 35.8 Å². The Labute approximate surface area is 178 Å². The van der Waals surface area contributed by atoms with Gasteiger partial charge in [-0.15, -0.1) is 0 Å². The first-order valence-corrected chi connectivity index (χ1v) is 12.0. The Morgan fingerprint density at radius 3 is 2.40 bits per heavy atom. The molecule has 2 saturated heterocycles. The molecule has 2 aliphatic rings. The summed E-state index contributed by atoms with van der Waals surface area (Å²) in [7, 11) is -3.58. The molecule has 2 amide bonds. The maximum absolute atomic E-state index is 13.0. The van der Waals surface area contributed by atoms with E-state index in [0.717, 1.165) is 24.0 Å². The van der Waals surface area contributed by atoms with Crippen LogP contribution in [0.5, 0.6) is 0 Å². The van der Waals surface area contributed by atoms with Crippen LogP contribution in [-0.4, -0.2) is 80.4 Å². The molecule has 2 aliphatic heterocycles. The van der Waals surface area contributed by atoms with Gasteiger partial charge in [-0.2, -0.15) is 4.31 Å². The molecule has 1 atom stereocenters. The second-order valence-corrected chi connectivity index (χ2v) is 9.89. The van der Waals surface area contributed by atoms with E-state index in [2.05, 4.69) is 0 Å². The average molecular weight is 438 g/mol. The largest absolute Gasteiger partial charge is 0.450 e. The number of nitrogens with zero attached hydrogens (tertiary/aromatic N) is 3. The third kappa shape index (κ3) is 4.78. The fraction of sp³-hybridized carbons (Fsp3) is 0.619. The molecule has 0 aromatic heterocycles. The van der Waals surface area contributed by atoms with E-state index >= 15 is 0 Å². The van der Waals surface area contributed by atoms with Crippen molar-refractivity contribution in [2.75, 3.05) is 45.9 Å². The molecule has 8 nitrogen and oxygen atoms in total. The van der Waals surface area contributed by atoms with Crippen molar-refractivity contribution in [2.24, 2.45) is 5.92 Å². The van der Waals surface area contributed by atoms with Crippen molar-refractivity contribution in [2.45, 2.75) is 38.5 Å². The maximum atomic E-state index is 13.0. The summed E-state index contributed by atoms with van der Waals surface area (Å²) in [4.78, 5) is 28.6. The zero-order valence-electron chi connectivity index (χ0n) is 18.0. The van der Waals surface area contributed by atoms with Crippen LogP contribution < -0.4 is 0 Å². The minimum absolute atomic E-state index is 0.00689. The molecule has 0 aliphatic carbocycles. The second kappa shape index (κ2) is 9.34. The number of carbonyl (C=O) groups excluding carboxylic acids is 2. The van der Waals surface area contributed by atoms with Gasteiger partial charge in [-0.25, -0.2) is 13.2 Å². The number of benzene rings is 1. The molecule has 1 aromatic rings. The highest BCUT2D eigenvalue weighted by molar-refractivity contribution is 7.89. The molecule has 9 heteroatoms.